The predicted octanol–water partition coefficient (Wildman–Crippen LogP) is 2.02. The summed E-state index contributed by atoms with van der Waals surface area (Å²) in [6.45, 7) is 0. The number of carboxylic acid groups (broad SMARTS) is 1. The van der Waals surface area contributed by atoms with Crippen LogP contribution < -0.4 is 5.32 Å². The standard InChI is InChI=1S/C11H9F3N4O2/c12-11(13,14)7-4-9-16-6(10(19)20)3-8(18(9)17-7)15-5-1-2-5/h3-5,15H,1-2H2,(H,19,20). The molecule has 0 unspecified atom stereocenters. The van der Waals surface area contributed by atoms with Crippen LogP contribution in [0.5, 0.6) is 0 Å². The van der Waals surface area contributed by atoms with Gasteiger partial charge in [-0.15, -0.1) is 0 Å². The lowest BCUT2D eigenvalue weighted by molar-refractivity contribution is -0.141. The molecular weight excluding hydrogens is 277 g/mol. The Labute approximate surface area is 110 Å². The SMILES string of the molecule is O=C(O)c1cc(NC2CC2)n2nc(C(F)(F)F)cc2n1. The molecule has 1 aliphatic rings. The Kier molecular flexibility index (Phi) is 2.59. The molecule has 1 fully saturated rings. The number of aromatic carboxylic acids is 1. The average Bonchev–Trinajstić information content (AvgIpc) is 3.03. The minimum absolute atomic E-state index is 0.140. The molecule has 3 rings (SSSR count). The molecule has 0 spiro atoms. The molecule has 0 amide bonds. The van der Waals surface area contributed by atoms with Crippen LogP contribution in [0.25, 0.3) is 5.65 Å². The fourth-order valence-corrected chi connectivity index (χ4v) is 1.76. The summed E-state index contributed by atoms with van der Waals surface area (Å²) >= 11 is 0. The topological polar surface area (TPSA) is 79.5 Å². The maximum atomic E-state index is 12.7. The number of alkyl halides is 3. The van der Waals surface area contributed by atoms with E-state index in [2.05, 4.69) is 15.4 Å². The van der Waals surface area contributed by atoms with Gasteiger partial charge in [-0.3, -0.25) is 0 Å². The molecule has 2 heterocycles. The minimum atomic E-state index is -4.60. The van der Waals surface area contributed by atoms with E-state index in [1.54, 1.807) is 0 Å². The summed E-state index contributed by atoms with van der Waals surface area (Å²) in [6.07, 6.45) is -2.83. The van der Waals surface area contributed by atoms with Gasteiger partial charge < -0.3 is 10.4 Å². The highest BCUT2D eigenvalue weighted by molar-refractivity contribution is 5.87. The zero-order valence-electron chi connectivity index (χ0n) is 9.98. The average molecular weight is 286 g/mol. The smallest absolute Gasteiger partial charge is 0.435 e. The van der Waals surface area contributed by atoms with E-state index in [-0.39, 0.29) is 23.2 Å². The Morgan fingerprint density at radius 2 is 2.10 bits per heavy atom. The van der Waals surface area contributed by atoms with Crippen LogP contribution >= 0.6 is 0 Å². The summed E-state index contributed by atoms with van der Waals surface area (Å²) in [6, 6.07) is 2.05. The molecule has 0 radical (unpaired) electrons. The normalized spacial score (nSPS) is 15.6. The summed E-state index contributed by atoms with van der Waals surface area (Å²) in [5.41, 5.74) is -1.58. The summed E-state index contributed by atoms with van der Waals surface area (Å²) < 4.78 is 38.9. The number of fused-ring (bicyclic) bond motifs is 1. The number of halogens is 3. The van der Waals surface area contributed by atoms with E-state index in [4.69, 9.17) is 5.11 Å². The molecule has 1 saturated carbocycles. The van der Waals surface area contributed by atoms with Crippen molar-refractivity contribution in [1.82, 2.24) is 14.6 Å². The molecule has 106 valence electrons. The van der Waals surface area contributed by atoms with Crippen LogP contribution in [-0.4, -0.2) is 31.7 Å². The van der Waals surface area contributed by atoms with E-state index in [1.165, 1.54) is 6.07 Å². The fourth-order valence-electron chi connectivity index (χ4n) is 1.76. The lowest BCUT2D eigenvalue weighted by Crippen LogP contribution is -2.12. The number of nitrogens with one attached hydrogen (secondary N) is 1. The molecule has 2 N–H and O–H groups in total. The molecule has 6 nitrogen and oxygen atoms in total. The molecule has 0 aliphatic heterocycles. The lowest BCUT2D eigenvalue weighted by atomic mass is 10.3. The van der Waals surface area contributed by atoms with Gasteiger partial charge in [0, 0.05) is 18.2 Å². The van der Waals surface area contributed by atoms with Gasteiger partial charge in [0.1, 0.15) is 5.82 Å². The Hall–Kier alpha value is -2.32. The van der Waals surface area contributed by atoms with Crippen LogP contribution in [0.2, 0.25) is 0 Å². The second-order valence-corrected chi connectivity index (χ2v) is 4.55. The van der Waals surface area contributed by atoms with E-state index in [9.17, 15) is 18.0 Å². The maximum Gasteiger partial charge on any atom is 0.435 e. The van der Waals surface area contributed by atoms with Crippen LogP contribution in [0.15, 0.2) is 12.1 Å². The monoisotopic (exact) mass is 286 g/mol. The molecule has 0 aromatic carbocycles. The first-order valence-corrected chi connectivity index (χ1v) is 5.82. The zero-order chi connectivity index (χ0) is 14.5. The molecule has 0 atom stereocenters. The first-order chi connectivity index (χ1) is 9.34. The van der Waals surface area contributed by atoms with Crippen LogP contribution in [-0.2, 0) is 6.18 Å². The number of carbonyl (C=O) groups is 1. The third kappa shape index (κ3) is 2.26. The molecule has 0 bridgehead atoms. The van der Waals surface area contributed by atoms with Gasteiger partial charge in [0.15, 0.2) is 17.0 Å². The predicted molar refractivity (Wildman–Crippen MR) is 61.6 cm³/mol. The summed E-state index contributed by atoms with van der Waals surface area (Å²) in [7, 11) is 0. The summed E-state index contributed by atoms with van der Waals surface area (Å²) in [5.74, 6) is -1.11. The van der Waals surface area contributed by atoms with Gasteiger partial charge in [-0.1, -0.05) is 0 Å². The zero-order valence-corrected chi connectivity index (χ0v) is 9.98. The first-order valence-electron chi connectivity index (χ1n) is 5.82. The van der Waals surface area contributed by atoms with Crippen molar-refractivity contribution in [1.29, 1.82) is 0 Å². The van der Waals surface area contributed by atoms with Crippen molar-refractivity contribution >= 4 is 17.4 Å². The molecule has 2 aromatic rings. The molecule has 9 heteroatoms. The number of hydrogen-bond donors (Lipinski definition) is 2. The summed E-state index contributed by atoms with van der Waals surface area (Å²) in [5, 5.41) is 15.3. The van der Waals surface area contributed by atoms with E-state index >= 15 is 0 Å². The van der Waals surface area contributed by atoms with Crippen molar-refractivity contribution in [3.63, 3.8) is 0 Å². The van der Waals surface area contributed by atoms with Crippen molar-refractivity contribution in [3.8, 4) is 0 Å². The Morgan fingerprint density at radius 3 is 2.65 bits per heavy atom. The summed E-state index contributed by atoms with van der Waals surface area (Å²) in [4.78, 5) is 14.6. The molecule has 20 heavy (non-hydrogen) atoms. The van der Waals surface area contributed by atoms with Crippen LogP contribution in [0, 0.1) is 0 Å². The van der Waals surface area contributed by atoms with Crippen molar-refractivity contribution in [2.75, 3.05) is 5.32 Å². The number of anilines is 1. The van der Waals surface area contributed by atoms with Gasteiger partial charge in [-0.2, -0.15) is 22.8 Å². The van der Waals surface area contributed by atoms with Gasteiger partial charge in [0.2, 0.25) is 0 Å². The van der Waals surface area contributed by atoms with Crippen LogP contribution in [0.4, 0.5) is 19.0 Å². The Balaban J connectivity index is 2.16. The largest absolute Gasteiger partial charge is 0.477 e. The molecular formula is C11H9F3N4O2. The number of aromatic nitrogens is 3. The number of carboxylic acids is 1. The third-order valence-corrected chi connectivity index (χ3v) is 2.87. The highest BCUT2D eigenvalue weighted by atomic mass is 19.4. The Bertz CT molecular complexity index is 691. The fraction of sp³-hybridized carbons (Fsp3) is 0.364. The van der Waals surface area contributed by atoms with Crippen molar-refractivity contribution in [2.24, 2.45) is 0 Å². The lowest BCUT2D eigenvalue weighted by Gasteiger charge is -2.07. The highest BCUT2D eigenvalue weighted by Gasteiger charge is 2.35. The van der Waals surface area contributed by atoms with Crippen molar-refractivity contribution in [3.05, 3.63) is 23.5 Å². The molecule has 2 aromatic heterocycles. The van der Waals surface area contributed by atoms with E-state index < -0.39 is 17.8 Å². The maximum absolute atomic E-state index is 12.7. The second kappa shape index (κ2) is 4.09. The Morgan fingerprint density at radius 1 is 1.40 bits per heavy atom. The quantitative estimate of drug-likeness (QED) is 0.902. The van der Waals surface area contributed by atoms with Gasteiger partial charge >= 0.3 is 12.1 Å². The highest BCUT2D eigenvalue weighted by Crippen LogP contribution is 2.30. The van der Waals surface area contributed by atoms with Crippen LogP contribution in [0.1, 0.15) is 29.0 Å². The molecule has 0 saturated heterocycles. The minimum Gasteiger partial charge on any atom is -0.477 e. The first kappa shape index (κ1) is 12.7. The van der Waals surface area contributed by atoms with E-state index in [0.29, 0.717) is 0 Å². The number of rotatable bonds is 3. The van der Waals surface area contributed by atoms with E-state index in [1.807, 2.05) is 0 Å². The van der Waals surface area contributed by atoms with Crippen molar-refractivity contribution in [2.45, 2.75) is 25.1 Å². The second-order valence-electron chi connectivity index (χ2n) is 4.55. The van der Waals surface area contributed by atoms with Gasteiger partial charge in [-0.25, -0.2) is 9.78 Å². The van der Waals surface area contributed by atoms with Gasteiger partial charge in [-0.05, 0) is 12.8 Å². The van der Waals surface area contributed by atoms with Gasteiger partial charge in [0.05, 0.1) is 0 Å². The van der Waals surface area contributed by atoms with Crippen molar-refractivity contribution < 1.29 is 23.1 Å². The third-order valence-electron chi connectivity index (χ3n) is 2.87. The van der Waals surface area contributed by atoms with Gasteiger partial charge in [0.25, 0.3) is 0 Å². The van der Waals surface area contributed by atoms with Crippen LogP contribution in [0.3, 0.4) is 0 Å². The molecule has 1 aliphatic carbocycles. The van der Waals surface area contributed by atoms with E-state index in [0.717, 1.165) is 23.4 Å². The number of nitrogens with zero attached hydrogens (tertiary/aromatic N) is 3. The number of hydrogen-bond acceptors (Lipinski definition) is 4.